The molecule has 19 rings (SSSR count). The van der Waals surface area contributed by atoms with Gasteiger partial charge in [-0.2, -0.15) is 0 Å². The van der Waals surface area contributed by atoms with Crippen LogP contribution in [0.3, 0.4) is 0 Å². The van der Waals surface area contributed by atoms with Gasteiger partial charge in [-0.3, -0.25) is 19.9 Å². The molecule has 0 radical (unpaired) electrons. The molecule has 4 aliphatic heterocycles. The van der Waals surface area contributed by atoms with Gasteiger partial charge in [-0.15, -0.1) is 22.8 Å². The molecule has 0 fully saturated rings. The summed E-state index contributed by atoms with van der Waals surface area (Å²) in [7, 11) is -4.23. The molecule has 606 valence electrons. The van der Waals surface area contributed by atoms with Gasteiger partial charge in [0.05, 0.1) is 55.0 Å². The number of benzene rings is 11. The summed E-state index contributed by atoms with van der Waals surface area (Å²) in [6, 6.07) is 145. The molecular weight excluding hydrogens is 1670 g/mol. The maximum atomic E-state index is 4.84. The maximum Gasteiger partial charge on any atom is 2.00 e. The summed E-state index contributed by atoms with van der Waals surface area (Å²) in [6.45, 7) is 0. The van der Waals surface area contributed by atoms with Crippen molar-refractivity contribution < 1.29 is 34.1 Å². The van der Waals surface area contributed by atoms with Gasteiger partial charge in [0, 0.05) is 47.6 Å². The third kappa shape index (κ3) is 30.2. The number of allylic oxidation sites excluding steroid dienone is 12. The van der Waals surface area contributed by atoms with Crippen molar-refractivity contribution in [2.24, 2.45) is 0 Å². The van der Waals surface area contributed by atoms with Gasteiger partial charge in [0.2, 0.25) is 0 Å². The number of rotatable bonds is 16. The zero-order valence-electron chi connectivity index (χ0n) is 68.2. The van der Waals surface area contributed by atoms with Crippen LogP contribution >= 0.6 is 31.7 Å². The number of hydrogen-bond acceptors (Lipinski definition) is 4. The molecule has 124 heavy (non-hydrogen) atoms. The summed E-state index contributed by atoms with van der Waals surface area (Å²) >= 11 is 0. The van der Waals surface area contributed by atoms with Crippen molar-refractivity contribution in [2.75, 3.05) is 0 Å². The van der Waals surface area contributed by atoms with Gasteiger partial charge in [0.1, 0.15) is 42.4 Å². The number of nitrogens with zero attached hydrogens (tertiary/aromatic N) is 8. The third-order valence-electron chi connectivity index (χ3n) is 18.6. The molecule has 0 aliphatic carbocycles. The van der Waals surface area contributed by atoms with Gasteiger partial charge >= 0.3 is 34.1 Å². The normalized spacial score (nSPS) is 13.7. The zero-order chi connectivity index (χ0) is 83.2. The molecule has 0 N–H and O–H groups in total. The van der Waals surface area contributed by atoms with E-state index in [2.05, 4.69) is 334 Å². The molecular formula is C110H94Fe2N8P4+4. The average Bonchev–Trinajstić information content (AvgIpc) is 0.837. The van der Waals surface area contributed by atoms with Crippen molar-refractivity contribution in [2.45, 2.75) is 0 Å². The van der Waals surface area contributed by atoms with E-state index in [1.807, 2.05) is 206 Å². The summed E-state index contributed by atoms with van der Waals surface area (Å²) in [6.07, 6.45) is 31.8. The van der Waals surface area contributed by atoms with Gasteiger partial charge in [0.25, 0.3) is 0 Å². The molecule has 8 nitrogen and oxygen atoms in total. The largest absolute Gasteiger partial charge is 2.00 e. The number of hydrogen-bond donors (Lipinski definition) is 0. The number of pyridine rings is 4. The molecule has 0 unspecified atom stereocenters. The fraction of sp³-hybridized carbons (Fsp3) is 0. The van der Waals surface area contributed by atoms with E-state index in [1.54, 1.807) is 24.8 Å². The van der Waals surface area contributed by atoms with E-state index in [9.17, 15) is 0 Å². The molecule has 11 aromatic carbocycles. The first kappa shape index (κ1) is 91.6. The van der Waals surface area contributed by atoms with E-state index in [-0.39, 0.29) is 34.1 Å². The Bertz CT molecular complexity index is 4990. The topological polar surface area (TPSA) is 108 Å². The van der Waals surface area contributed by atoms with Gasteiger partial charge in [0.15, 0.2) is 0 Å². The Morgan fingerprint density at radius 2 is 0.306 bits per heavy atom. The molecule has 4 aliphatic rings. The minimum Gasteiger partial charge on any atom is -0.653 e. The monoisotopic (exact) mass is 1760 g/mol. The van der Waals surface area contributed by atoms with Gasteiger partial charge in [-0.1, -0.05) is 375 Å². The van der Waals surface area contributed by atoms with Crippen LogP contribution in [0.15, 0.2) is 568 Å². The fourth-order valence-electron chi connectivity index (χ4n) is 12.8. The average molecular weight is 1760 g/mol. The maximum absolute atomic E-state index is 4.84. The van der Waals surface area contributed by atoms with Crippen LogP contribution in [0.25, 0.3) is 44.1 Å². The second-order valence-corrected chi connectivity index (χ2v) is 36.4. The van der Waals surface area contributed by atoms with Crippen molar-refractivity contribution in [3.63, 3.8) is 0 Å². The molecule has 0 atom stereocenters. The van der Waals surface area contributed by atoms with Crippen LogP contribution in [0.5, 0.6) is 0 Å². The van der Waals surface area contributed by atoms with E-state index in [0.29, 0.717) is 0 Å². The summed E-state index contributed by atoms with van der Waals surface area (Å²) in [5.41, 5.74) is 11.2. The summed E-state index contributed by atoms with van der Waals surface area (Å²) in [5, 5.41) is 30.2. The second kappa shape index (κ2) is 52.9. The van der Waals surface area contributed by atoms with Crippen molar-refractivity contribution in [3.8, 4) is 0 Å². The Labute approximate surface area is 757 Å². The van der Waals surface area contributed by atoms with Crippen LogP contribution in [-0.2, 0) is 34.1 Å². The fourth-order valence-corrected chi connectivity index (χ4v) is 21.7. The van der Waals surface area contributed by atoms with Gasteiger partial charge < -0.3 is 21.3 Å². The van der Waals surface area contributed by atoms with Crippen LogP contribution in [0.2, 0.25) is 0 Å². The summed E-state index contributed by atoms with van der Waals surface area (Å²) in [4.78, 5) is 17.7. The van der Waals surface area contributed by atoms with Crippen LogP contribution in [0.1, 0.15) is 22.8 Å². The van der Waals surface area contributed by atoms with Crippen molar-refractivity contribution in [1.29, 1.82) is 0 Å². The van der Waals surface area contributed by atoms with Crippen LogP contribution in [0.4, 0.5) is 0 Å². The molecule has 0 bridgehead atoms. The minimum atomic E-state index is -1.06. The van der Waals surface area contributed by atoms with Gasteiger partial charge in [-0.05, 0) is 146 Å². The molecule has 0 saturated carbocycles. The molecule has 14 heteroatoms. The molecule has 8 heterocycles. The Morgan fingerprint density at radius 3 is 0.444 bits per heavy atom. The third-order valence-corrected chi connectivity index (χ3v) is 28.6. The summed E-state index contributed by atoms with van der Waals surface area (Å²) < 4.78 is 0. The second-order valence-electron chi connectivity index (χ2n) is 27.3. The Kier molecular flexibility index (Phi) is 39.1. The standard InChI is InChI=1S/4C23H18N2P.3C6H6.2Fe/c4*1-3-11-20(12-4-1)26(21-13-5-2-6-14-21)18-19-10-9-16-23(25-19)22-15-7-8-17-24-22;3*1-2-4-6-5-3-1;;/h4*1-18H;3*1-6H;;/q4*-1;;;;2*+2/p+4/b4*19-18-;;;;;. The Balaban J connectivity index is 0.000000149. The van der Waals surface area contributed by atoms with Crippen LogP contribution in [0, 0.1) is 0 Å². The van der Waals surface area contributed by atoms with Crippen LogP contribution < -0.4 is 42.4 Å². The Hall–Kier alpha value is -13.1. The van der Waals surface area contributed by atoms with E-state index < -0.39 is 31.7 Å². The summed E-state index contributed by atoms with van der Waals surface area (Å²) in [5.74, 6) is 9.28. The predicted molar refractivity (Wildman–Crippen MR) is 532 cm³/mol. The molecule has 15 aromatic rings. The van der Waals surface area contributed by atoms with Gasteiger partial charge in [-0.25, -0.2) is 0 Å². The first-order chi connectivity index (χ1) is 60.6. The Morgan fingerprint density at radius 1 is 0.169 bits per heavy atom. The quantitative estimate of drug-likeness (QED) is 0.0709. The minimum absolute atomic E-state index is 0. The van der Waals surface area contributed by atoms with E-state index in [4.69, 9.17) is 21.3 Å². The first-order valence-corrected chi connectivity index (χ1v) is 46.8. The molecule has 0 spiro atoms. The van der Waals surface area contributed by atoms with Crippen molar-refractivity contribution >= 4 is 96.9 Å². The number of aromatic nitrogens is 4. The zero-order valence-corrected chi connectivity index (χ0v) is 74.5. The van der Waals surface area contributed by atoms with Crippen molar-refractivity contribution in [3.05, 3.63) is 612 Å². The smallest absolute Gasteiger partial charge is 0.653 e. The SMILES string of the molecule is C1=C/C(=C/[PH+](c2ccccc2)c2ccccc2)[N-]C(c2ccccn2)=C1.C1=C/C(=C/[PH+](c2ccccc2)c2ccccc2)[N-]C(c2ccccn2)=C1.C1=C/C(=C/[PH+](c2ccccc2)c2ccccc2)[N-]C(c2ccccn2)=C1.C1=C/C(=C/[PH+](c2ccccc2)c2ccccc2)[N-]C(c2ccccn2)=C1.[Fe+2].[Fe+2].c1ccccc1.c1ccccc1.c1ccccc1. The van der Waals surface area contributed by atoms with E-state index in [1.165, 1.54) is 42.4 Å². The molecule has 4 aromatic heterocycles. The molecule has 0 saturated heterocycles. The van der Waals surface area contributed by atoms with E-state index >= 15 is 0 Å². The van der Waals surface area contributed by atoms with Crippen molar-refractivity contribution in [1.82, 2.24) is 19.9 Å². The van der Waals surface area contributed by atoms with Crippen LogP contribution in [-0.4, -0.2) is 19.9 Å². The first-order valence-electron chi connectivity index (χ1n) is 40.4. The predicted octanol–water partition coefficient (Wildman–Crippen LogP) is 25.3. The van der Waals surface area contributed by atoms with E-state index in [0.717, 1.165) is 68.4 Å². The molecule has 0 amide bonds.